The van der Waals surface area contributed by atoms with Crippen molar-refractivity contribution in [1.82, 2.24) is 4.90 Å². The number of carbonyl (C=O) groups excluding carboxylic acids is 3. The standard InChI is InChI=1S/C28H18N4O5/c29-15-16-10-11-30-22(12-16)23-24(25(30)26(33)19-6-3-7-21(14-19)32(36)37)28(35)31(27(23)34)20-9-8-17-4-1-2-5-18(17)13-20/h1-14,22-25H/t22-,23+,24+,25-/m1/s1. The second kappa shape index (κ2) is 8.24. The number of fused-ring (bicyclic) bond motifs is 4. The summed E-state index contributed by atoms with van der Waals surface area (Å²) in [6, 6.07) is 18.5. The maximum absolute atomic E-state index is 13.9. The van der Waals surface area contributed by atoms with E-state index in [1.165, 1.54) is 30.3 Å². The summed E-state index contributed by atoms with van der Waals surface area (Å²) in [6.07, 6.45) is 4.69. The van der Waals surface area contributed by atoms with Crippen LogP contribution in [0.4, 0.5) is 11.4 Å². The number of nitrogens with zero attached hydrogens (tertiary/aromatic N) is 4. The van der Waals surface area contributed by atoms with Crippen molar-refractivity contribution in [3.63, 3.8) is 0 Å². The highest BCUT2D eigenvalue weighted by Gasteiger charge is 2.63. The molecule has 4 atom stereocenters. The molecule has 0 spiro atoms. The van der Waals surface area contributed by atoms with Gasteiger partial charge >= 0.3 is 0 Å². The molecule has 180 valence electrons. The molecule has 2 saturated heterocycles. The van der Waals surface area contributed by atoms with E-state index in [2.05, 4.69) is 6.07 Å². The average molecular weight is 490 g/mol. The molecule has 3 aromatic rings. The molecule has 2 fully saturated rings. The maximum atomic E-state index is 13.9. The van der Waals surface area contributed by atoms with Gasteiger partial charge in [0.25, 0.3) is 5.69 Å². The average Bonchev–Trinajstić information content (AvgIpc) is 3.39. The van der Waals surface area contributed by atoms with Crippen LogP contribution in [0.3, 0.4) is 0 Å². The third kappa shape index (κ3) is 3.34. The highest BCUT2D eigenvalue weighted by Crippen LogP contribution is 2.47. The van der Waals surface area contributed by atoms with Crippen LogP contribution in [0.25, 0.3) is 10.8 Å². The van der Waals surface area contributed by atoms with Gasteiger partial charge in [-0.15, -0.1) is 0 Å². The molecule has 0 radical (unpaired) electrons. The largest absolute Gasteiger partial charge is 0.359 e. The minimum Gasteiger partial charge on any atom is -0.359 e. The monoisotopic (exact) mass is 490 g/mol. The van der Waals surface area contributed by atoms with Crippen LogP contribution in [0.2, 0.25) is 0 Å². The Morgan fingerprint density at radius 1 is 0.946 bits per heavy atom. The second-order valence-electron chi connectivity index (χ2n) is 9.20. The number of non-ortho nitro benzene ring substituents is 1. The van der Waals surface area contributed by atoms with Gasteiger partial charge in [-0.25, -0.2) is 4.90 Å². The van der Waals surface area contributed by atoms with Gasteiger partial charge in [0.2, 0.25) is 11.8 Å². The second-order valence-corrected chi connectivity index (χ2v) is 9.20. The third-order valence-corrected chi connectivity index (χ3v) is 7.28. The van der Waals surface area contributed by atoms with Crippen LogP contribution in [0, 0.1) is 33.3 Å². The lowest BCUT2D eigenvalue weighted by atomic mass is 9.86. The summed E-state index contributed by atoms with van der Waals surface area (Å²) >= 11 is 0. The van der Waals surface area contributed by atoms with E-state index in [1.807, 2.05) is 30.3 Å². The highest BCUT2D eigenvalue weighted by atomic mass is 16.6. The lowest BCUT2D eigenvalue weighted by molar-refractivity contribution is -0.384. The van der Waals surface area contributed by atoms with Crippen molar-refractivity contribution in [3.05, 3.63) is 106 Å². The number of ketones is 1. The first-order valence-corrected chi connectivity index (χ1v) is 11.6. The van der Waals surface area contributed by atoms with E-state index in [9.17, 15) is 29.8 Å². The fraction of sp³-hybridized carbons (Fsp3) is 0.143. The van der Waals surface area contributed by atoms with Crippen LogP contribution in [-0.2, 0) is 9.59 Å². The number of hydrogen-bond donors (Lipinski definition) is 0. The van der Waals surface area contributed by atoms with Crippen LogP contribution in [0.15, 0.2) is 90.7 Å². The molecule has 0 unspecified atom stereocenters. The summed E-state index contributed by atoms with van der Waals surface area (Å²) in [5.74, 6) is -3.36. The smallest absolute Gasteiger partial charge is 0.270 e. The molecule has 9 nitrogen and oxygen atoms in total. The van der Waals surface area contributed by atoms with Crippen molar-refractivity contribution in [2.75, 3.05) is 4.90 Å². The van der Waals surface area contributed by atoms with Gasteiger partial charge in [-0.1, -0.05) is 42.5 Å². The number of benzene rings is 3. The minimum absolute atomic E-state index is 0.0754. The van der Waals surface area contributed by atoms with Gasteiger partial charge in [0.1, 0.15) is 6.04 Å². The Bertz CT molecular complexity index is 1630. The number of allylic oxidation sites excluding steroid dienone is 2. The number of hydrogen-bond acceptors (Lipinski definition) is 7. The number of carbonyl (C=O) groups is 3. The zero-order valence-corrected chi connectivity index (χ0v) is 19.2. The summed E-state index contributed by atoms with van der Waals surface area (Å²) in [4.78, 5) is 54.9. The van der Waals surface area contributed by atoms with E-state index >= 15 is 0 Å². The van der Waals surface area contributed by atoms with Gasteiger partial charge in [-0.05, 0) is 35.1 Å². The van der Waals surface area contributed by atoms with Crippen molar-refractivity contribution >= 4 is 39.7 Å². The summed E-state index contributed by atoms with van der Waals surface area (Å²) in [5.41, 5.74) is 0.566. The molecule has 0 N–H and O–H groups in total. The lowest BCUT2D eigenvalue weighted by Crippen LogP contribution is -2.46. The zero-order valence-electron chi connectivity index (χ0n) is 19.2. The zero-order chi connectivity index (χ0) is 25.8. The van der Waals surface area contributed by atoms with Crippen molar-refractivity contribution in [2.45, 2.75) is 12.1 Å². The fourth-order valence-electron chi connectivity index (χ4n) is 5.63. The molecule has 0 aromatic heterocycles. The first-order chi connectivity index (χ1) is 17.9. The van der Waals surface area contributed by atoms with E-state index < -0.39 is 46.4 Å². The molecular formula is C28H18N4O5. The van der Waals surface area contributed by atoms with Crippen LogP contribution in [0.1, 0.15) is 10.4 Å². The molecule has 37 heavy (non-hydrogen) atoms. The Morgan fingerprint density at radius 2 is 1.70 bits per heavy atom. The number of imide groups is 1. The van der Waals surface area contributed by atoms with E-state index in [0.717, 1.165) is 15.7 Å². The molecule has 2 amide bonds. The highest BCUT2D eigenvalue weighted by molar-refractivity contribution is 6.25. The predicted octanol–water partition coefficient (Wildman–Crippen LogP) is 3.77. The van der Waals surface area contributed by atoms with Crippen molar-refractivity contribution < 1.29 is 19.3 Å². The number of nitriles is 1. The van der Waals surface area contributed by atoms with Crippen molar-refractivity contribution in [1.29, 1.82) is 5.26 Å². The molecular weight excluding hydrogens is 472 g/mol. The number of nitro benzene ring substituents is 1. The predicted molar refractivity (Wildman–Crippen MR) is 133 cm³/mol. The van der Waals surface area contributed by atoms with Gasteiger partial charge in [0.15, 0.2) is 5.78 Å². The summed E-state index contributed by atoms with van der Waals surface area (Å²) < 4.78 is 0. The lowest BCUT2D eigenvalue weighted by Gasteiger charge is -2.32. The van der Waals surface area contributed by atoms with E-state index in [-0.39, 0.29) is 11.3 Å². The Balaban J connectivity index is 1.45. The Hall–Kier alpha value is -5.10. The third-order valence-electron chi connectivity index (χ3n) is 7.28. The molecule has 0 aliphatic carbocycles. The topological polar surface area (TPSA) is 125 Å². The maximum Gasteiger partial charge on any atom is 0.270 e. The molecule has 0 bridgehead atoms. The first kappa shape index (κ1) is 22.4. The fourth-order valence-corrected chi connectivity index (χ4v) is 5.63. The molecule has 0 saturated carbocycles. The van der Waals surface area contributed by atoms with Crippen molar-refractivity contribution in [2.24, 2.45) is 11.8 Å². The first-order valence-electron chi connectivity index (χ1n) is 11.6. The molecule has 3 aliphatic rings. The van der Waals surface area contributed by atoms with Crippen LogP contribution < -0.4 is 4.90 Å². The van der Waals surface area contributed by atoms with Gasteiger partial charge in [-0.3, -0.25) is 24.5 Å². The Kier molecular flexibility index (Phi) is 4.98. The van der Waals surface area contributed by atoms with E-state index in [4.69, 9.17) is 0 Å². The normalized spacial score (nSPS) is 24.0. The van der Waals surface area contributed by atoms with Crippen LogP contribution in [0.5, 0.6) is 0 Å². The van der Waals surface area contributed by atoms with Gasteiger partial charge in [0, 0.05) is 23.9 Å². The van der Waals surface area contributed by atoms with E-state index in [0.29, 0.717) is 11.3 Å². The number of anilines is 1. The van der Waals surface area contributed by atoms with Crippen LogP contribution in [-0.4, -0.2) is 39.5 Å². The quantitative estimate of drug-likeness (QED) is 0.236. The van der Waals surface area contributed by atoms with Gasteiger partial charge in [0.05, 0.1) is 40.1 Å². The van der Waals surface area contributed by atoms with Gasteiger partial charge in [-0.2, -0.15) is 5.26 Å². The molecule has 3 heterocycles. The molecule has 3 aromatic carbocycles. The number of rotatable bonds is 4. The minimum atomic E-state index is -1.06. The molecule has 6 rings (SSSR count). The number of Topliss-reactive ketones (excluding diaryl/α,β-unsaturated/α-hetero) is 1. The van der Waals surface area contributed by atoms with Crippen LogP contribution >= 0.6 is 0 Å². The molecule has 3 aliphatic heterocycles. The van der Waals surface area contributed by atoms with Crippen molar-refractivity contribution in [3.8, 4) is 6.07 Å². The van der Waals surface area contributed by atoms with E-state index in [1.54, 1.807) is 29.3 Å². The Morgan fingerprint density at radius 3 is 2.46 bits per heavy atom. The van der Waals surface area contributed by atoms with Gasteiger partial charge < -0.3 is 4.90 Å². The summed E-state index contributed by atoms with van der Waals surface area (Å²) in [6.45, 7) is 0. The SMILES string of the molecule is N#CC1=C[C@@H]2[C@@H]3C(=O)N(c4ccc5ccccc5c4)C(=O)[C@@H]3[C@H](C(=O)c3cccc([N+](=O)[O-])c3)N2C=C1. The molecule has 9 heteroatoms. The Labute approximate surface area is 210 Å². The summed E-state index contributed by atoms with van der Waals surface area (Å²) in [7, 11) is 0. The number of nitro groups is 1. The summed E-state index contributed by atoms with van der Waals surface area (Å²) in [5, 5.41) is 22.6. The number of amides is 2.